The van der Waals surface area contributed by atoms with Crippen molar-refractivity contribution in [2.24, 2.45) is 0 Å². The Bertz CT molecular complexity index is 1020. The number of furan rings is 1. The summed E-state index contributed by atoms with van der Waals surface area (Å²) in [6.45, 7) is 2.33. The molecule has 1 aromatic heterocycles. The van der Waals surface area contributed by atoms with Gasteiger partial charge in [-0.05, 0) is 49.4 Å². The zero-order valence-corrected chi connectivity index (χ0v) is 14.2. The van der Waals surface area contributed by atoms with E-state index in [0.29, 0.717) is 34.9 Å². The first-order chi connectivity index (χ1) is 12.3. The molecule has 0 atom stereocenters. The van der Waals surface area contributed by atoms with E-state index >= 15 is 0 Å². The summed E-state index contributed by atoms with van der Waals surface area (Å²) in [4.78, 5) is 1.76. The van der Waals surface area contributed by atoms with Crippen molar-refractivity contribution >= 4 is 22.4 Å². The maximum atomic E-state index is 13.0. The van der Waals surface area contributed by atoms with Gasteiger partial charge in [0.1, 0.15) is 22.9 Å². The molecular formula is C20H16F3NO2. The SMILES string of the molecule is Cc1cc2ccc(OC3=CCN(C)c4cc(C(F)(F)F)ccc43)cc2o1. The van der Waals surface area contributed by atoms with Gasteiger partial charge in [0.2, 0.25) is 0 Å². The van der Waals surface area contributed by atoms with Gasteiger partial charge in [-0.1, -0.05) is 0 Å². The van der Waals surface area contributed by atoms with Crippen LogP contribution in [-0.4, -0.2) is 13.6 Å². The Labute approximate surface area is 148 Å². The summed E-state index contributed by atoms with van der Waals surface area (Å²) in [6, 6.07) is 11.1. The van der Waals surface area contributed by atoms with Gasteiger partial charge in [0, 0.05) is 36.3 Å². The molecule has 0 fully saturated rings. The molecule has 0 unspecified atom stereocenters. The molecule has 0 aliphatic carbocycles. The van der Waals surface area contributed by atoms with Gasteiger partial charge in [-0.15, -0.1) is 0 Å². The number of aryl methyl sites for hydroxylation is 1. The largest absolute Gasteiger partial charge is 0.461 e. The van der Waals surface area contributed by atoms with Crippen molar-refractivity contribution in [3.8, 4) is 5.75 Å². The van der Waals surface area contributed by atoms with Crippen LogP contribution in [0.4, 0.5) is 18.9 Å². The number of hydrogen-bond acceptors (Lipinski definition) is 3. The lowest BCUT2D eigenvalue weighted by molar-refractivity contribution is -0.137. The van der Waals surface area contributed by atoms with Crippen molar-refractivity contribution in [3.63, 3.8) is 0 Å². The van der Waals surface area contributed by atoms with Crippen LogP contribution in [0, 0.1) is 6.92 Å². The van der Waals surface area contributed by atoms with Crippen molar-refractivity contribution in [2.75, 3.05) is 18.5 Å². The van der Waals surface area contributed by atoms with Gasteiger partial charge in [-0.2, -0.15) is 13.2 Å². The first kappa shape index (κ1) is 16.6. The molecule has 6 heteroatoms. The van der Waals surface area contributed by atoms with E-state index in [4.69, 9.17) is 9.15 Å². The highest BCUT2D eigenvalue weighted by atomic mass is 19.4. The molecule has 0 amide bonds. The molecule has 26 heavy (non-hydrogen) atoms. The van der Waals surface area contributed by atoms with Crippen LogP contribution in [0.5, 0.6) is 5.75 Å². The fourth-order valence-electron chi connectivity index (χ4n) is 3.09. The van der Waals surface area contributed by atoms with Crippen molar-refractivity contribution in [1.29, 1.82) is 0 Å². The Morgan fingerprint density at radius 1 is 1.08 bits per heavy atom. The number of likely N-dealkylation sites (N-methyl/N-ethyl adjacent to an activating group) is 1. The molecule has 0 saturated heterocycles. The monoisotopic (exact) mass is 359 g/mol. The second-order valence-corrected chi connectivity index (χ2v) is 6.34. The molecule has 0 spiro atoms. The first-order valence-corrected chi connectivity index (χ1v) is 8.12. The lowest BCUT2D eigenvalue weighted by atomic mass is 10.0. The average molecular weight is 359 g/mol. The van der Waals surface area contributed by atoms with Gasteiger partial charge in [0.25, 0.3) is 0 Å². The van der Waals surface area contributed by atoms with Gasteiger partial charge >= 0.3 is 6.18 Å². The van der Waals surface area contributed by atoms with E-state index in [9.17, 15) is 13.2 Å². The third kappa shape index (κ3) is 2.92. The van der Waals surface area contributed by atoms with Gasteiger partial charge in [0.05, 0.1) is 5.56 Å². The van der Waals surface area contributed by atoms with Gasteiger partial charge in [0.15, 0.2) is 0 Å². The molecule has 4 rings (SSSR count). The number of benzene rings is 2. The van der Waals surface area contributed by atoms with Crippen LogP contribution in [0.1, 0.15) is 16.9 Å². The molecule has 3 aromatic rings. The fourth-order valence-corrected chi connectivity index (χ4v) is 3.09. The molecule has 0 saturated carbocycles. The van der Waals surface area contributed by atoms with E-state index in [0.717, 1.165) is 23.3 Å². The lowest BCUT2D eigenvalue weighted by Gasteiger charge is -2.28. The zero-order chi connectivity index (χ0) is 18.5. The van der Waals surface area contributed by atoms with Crippen LogP contribution < -0.4 is 9.64 Å². The van der Waals surface area contributed by atoms with E-state index in [2.05, 4.69) is 0 Å². The standard InChI is InChI=1S/C20H16F3NO2/c1-12-9-13-3-5-15(11-19(13)25-12)26-18-7-8-24(2)17-10-14(20(21,22)23)4-6-16(17)18/h3-7,9-11H,8H2,1-2H3. The third-order valence-corrected chi connectivity index (χ3v) is 4.39. The number of anilines is 1. The zero-order valence-electron chi connectivity index (χ0n) is 14.2. The summed E-state index contributed by atoms with van der Waals surface area (Å²) in [5, 5.41) is 0.974. The molecular weight excluding hydrogens is 343 g/mol. The number of alkyl halides is 3. The van der Waals surface area contributed by atoms with Crippen LogP contribution >= 0.6 is 0 Å². The second-order valence-electron chi connectivity index (χ2n) is 6.34. The minimum absolute atomic E-state index is 0.464. The maximum Gasteiger partial charge on any atom is 0.416 e. The molecule has 1 aliphatic rings. The van der Waals surface area contributed by atoms with Gasteiger partial charge in [-0.3, -0.25) is 0 Å². The van der Waals surface area contributed by atoms with Gasteiger partial charge < -0.3 is 14.1 Å². The molecule has 0 N–H and O–H groups in total. The quantitative estimate of drug-likeness (QED) is 0.593. The van der Waals surface area contributed by atoms with Crippen molar-refractivity contribution < 1.29 is 22.3 Å². The smallest absolute Gasteiger partial charge is 0.416 e. The summed E-state index contributed by atoms with van der Waals surface area (Å²) in [5.41, 5.74) is 1.16. The number of hydrogen-bond donors (Lipinski definition) is 0. The molecule has 3 nitrogen and oxygen atoms in total. The number of halogens is 3. The topological polar surface area (TPSA) is 25.6 Å². The van der Waals surface area contributed by atoms with Crippen LogP contribution in [0.3, 0.4) is 0 Å². The van der Waals surface area contributed by atoms with Crippen LogP contribution in [0.2, 0.25) is 0 Å². The lowest BCUT2D eigenvalue weighted by Crippen LogP contribution is -2.24. The number of ether oxygens (including phenoxy) is 1. The predicted octanol–water partition coefficient (Wildman–Crippen LogP) is 5.63. The third-order valence-electron chi connectivity index (χ3n) is 4.39. The summed E-state index contributed by atoms with van der Waals surface area (Å²) < 4.78 is 50.6. The summed E-state index contributed by atoms with van der Waals surface area (Å²) in [6.07, 6.45) is -2.52. The van der Waals surface area contributed by atoms with Crippen molar-refractivity contribution in [3.05, 3.63) is 65.4 Å². The van der Waals surface area contributed by atoms with Gasteiger partial charge in [-0.25, -0.2) is 0 Å². The Hall–Kier alpha value is -2.89. The highest BCUT2D eigenvalue weighted by Gasteiger charge is 2.32. The van der Waals surface area contributed by atoms with Crippen LogP contribution in [0.15, 0.2) is 53.0 Å². The minimum atomic E-state index is -4.37. The molecule has 1 aliphatic heterocycles. The van der Waals surface area contributed by atoms with Crippen molar-refractivity contribution in [1.82, 2.24) is 0 Å². The molecule has 2 aromatic carbocycles. The predicted molar refractivity (Wildman–Crippen MR) is 94.3 cm³/mol. The Morgan fingerprint density at radius 2 is 1.88 bits per heavy atom. The molecule has 134 valence electrons. The van der Waals surface area contributed by atoms with E-state index in [1.165, 1.54) is 6.07 Å². The van der Waals surface area contributed by atoms with E-state index < -0.39 is 11.7 Å². The molecule has 0 radical (unpaired) electrons. The van der Waals surface area contributed by atoms with Crippen LogP contribution in [-0.2, 0) is 6.18 Å². The second kappa shape index (κ2) is 5.83. The summed E-state index contributed by atoms with van der Waals surface area (Å²) >= 11 is 0. The Kier molecular flexibility index (Phi) is 3.72. The normalized spacial score (nSPS) is 14.3. The highest BCUT2D eigenvalue weighted by Crippen LogP contribution is 2.38. The molecule has 2 heterocycles. The van der Waals surface area contributed by atoms with E-state index in [-0.39, 0.29) is 0 Å². The van der Waals surface area contributed by atoms with E-state index in [1.54, 1.807) is 18.0 Å². The average Bonchev–Trinajstić information content (AvgIpc) is 2.95. The van der Waals surface area contributed by atoms with Crippen molar-refractivity contribution in [2.45, 2.75) is 13.1 Å². The first-order valence-electron chi connectivity index (χ1n) is 8.12. The number of fused-ring (bicyclic) bond motifs is 2. The number of rotatable bonds is 2. The van der Waals surface area contributed by atoms with Crippen LogP contribution in [0.25, 0.3) is 16.7 Å². The fraction of sp³-hybridized carbons (Fsp3) is 0.200. The Morgan fingerprint density at radius 3 is 2.65 bits per heavy atom. The van der Waals surface area contributed by atoms with E-state index in [1.807, 2.05) is 31.2 Å². The number of nitrogens with zero attached hydrogens (tertiary/aromatic N) is 1. The molecule has 0 bridgehead atoms. The highest BCUT2D eigenvalue weighted by molar-refractivity contribution is 5.81. The Balaban J connectivity index is 1.69. The maximum absolute atomic E-state index is 13.0. The summed E-state index contributed by atoms with van der Waals surface area (Å²) in [7, 11) is 1.75. The minimum Gasteiger partial charge on any atom is -0.461 e. The summed E-state index contributed by atoms with van der Waals surface area (Å²) in [5.74, 6) is 1.92.